The summed E-state index contributed by atoms with van der Waals surface area (Å²) >= 11 is 5.75. The Morgan fingerprint density at radius 3 is 2.69 bits per heavy atom. The van der Waals surface area contributed by atoms with Crippen molar-refractivity contribution in [3.05, 3.63) is 35.1 Å². The van der Waals surface area contributed by atoms with Crippen molar-refractivity contribution >= 4 is 22.4 Å². The van der Waals surface area contributed by atoms with Crippen molar-refractivity contribution in [1.29, 1.82) is 0 Å². The van der Waals surface area contributed by atoms with Gasteiger partial charge in [0.1, 0.15) is 0 Å². The first-order chi connectivity index (χ1) is 7.46. The van der Waals surface area contributed by atoms with Crippen molar-refractivity contribution < 1.29 is 13.2 Å². The molecule has 0 saturated heterocycles. The average Bonchev–Trinajstić information content (AvgIpc) is 2.17. The van der Waals surface area contributed by atoms with Gasteiger partial charge in [0.2, 0.25) is 0 Å². The third-order valence-electron chi connectivity index (χ3n) is 2.09. The summed E-state index contributed by atoms with van der Waals surface area (Å²) in [7, 11) is 0. The van der Waals surface area contributed by atoms with Crippen LogP contribution in [-0.4, -0.2) is 16.4 Å². The Morgan fingerprint density at radius 2 is 2.00 bits per heavy atom. The van der Waals surface area contributed by atoms with Crippen LogP contribution in [-0.2, 0) is 6.42 Å². The topological polar surface area (TPSA) is 25.8 Å². The van der Waals surface area contributed by atoms with E-state index in [0.29, 0.717) is 10.8 Å². The van der Waals surface area contributed by atoms with Gasteiger partial charge in [0.25, 0.3) is 0 Å². The Morgan fingerprint density at radius 1 is 1.25 bits per heavy atom. The Balaban J connectivity index is 2.47. The molecule has 0 aliphatic rings. The van der Waals surface area contributed by atoms with Crippen molar-refractivity contribution in [3.63, 3.8) is 0 Å². The quantitative estimate of drug-likeness (QED) is 0.771. The van der Waals surface area contributed by atoms with E-state index in [0.717, 1.165) is 0 Å². The summed E-state index contributed by atoms with van der Waals surface area (Å²) in [6.07, 6.45) is -3.74. The first-order valence-electron chi connectivity index (χ1n) is 4.42. The lowest BCUT2D eigenvalue weighted by Crippen LogP contribution is -2.11. The fourth-order valence-electron chi connectivity index (χ4n) is 1.43. The Labute approximate surface area is 94.1 Å². The van der Waals surface area contributed by atoms with Crippen molar-refractivity contribution in [2.75, 3.05) is 0 Å². The third kappa shape index (κ3) is 2.41. The zero-order chi connectivity index (χ0) is 11.8. The smallest absolute Gasteiger partial charge is 0.171 e. The molecule has 2 nitrogen and oxygen atoms in total. The third-order valence-corrected chi connectivity index (χ3v) is 2.37. The van der Waals surface area contributed by atoms with Gasteiger partial charge in [-0.1, -0.05) is 23.7 Å². The second kappa shape index (κ2) is 3.90. The van der Waals surface area contributed by atoms with Gasteiger partial charge in [-0.3, -0.25) is 0 Å². The molecule has 0 saturated carbocycles. The average molecular weight is 247 g/mol. The summed E-state index contributed by atoms with van der Waals surface area (Å²) in [5, 5.41) is 8.46. The predicted octanol–water partition coefficient (Wildman–Crippen LogP) is 3.39. The molecule has 0 radical (unpaired) electrons. The molecule has 2 rings (SSSR count). The molecule has 1 aromatic heterocycles. The highest BCUT2D eigenvalue weighted by Gasteiger charge is 2.27. The fourth-order valence-corrected chi connectivity index (χ4v) is 1.64. The van der Waals surface area contributed by atoms with E-state index < -0.39 is 12.6 Å². The van der Waals surface area contributed by atoms with Crippen molar-refractivity contribution in [2.45, 2.75) is 12.6 Å². The molecule has 0 N–H and O–H groups in total. The molecule has 0 fully saturated rings. The number of rotatable bonds is 1. The maximum absolute atomic E-state index is 12.2. The maximum Gasteiger partial charge on any atom is 0.393 e. The maximum atomic E-state index is 12.2. The number of hydrogen-bond acceptors (Lipinski definition) is 2. The first kappa shape index (κ1) is 11.1. The largest absolute Gasteiger partial charge is 0.393 e. The van der Waals surface area contributed by atoms with E-state index in [2.05, 4.69) is 10.2 Å². The molecule has 1 heterocycles. The van der Waals surface area contributed by atoms with Gasteiger partial charge in [-0.25, -0.2) is 0 Å². The molecule has 0 aliphatic heterocycles. The van der Waals surface area contributed by atoms with Gasteiger partial charge in [0, 0.05) is 10.8 Å². The van der Waals surface area contributed by atoms with E-state index in [1.165, 1.54) is 18.3 Å². The summed E-state index contributed by atoms with van der Waals surface area (Å²) in [5.74, 6) is 0. The Kier molecular flexibility index (Phi) is 2.71. The minimum absolute atomic E-state index is 0.113. The van der Waals surface area contributed by atoms with Crippen LogP contribution in [0.2, 0.25) is 5.15 Å². The number of aromatic nitrogens is 2. The molecule has 0 unspecified atom stereocenters. The summed E-state index contributed by atoms with van der Waals surface area (Å²) in [5.41, 5.74) is 0.162. The lowest BCUT2D eigenvalue weighted by atomic mass is 10.1. The normalized spacial score (nSPS) is 12.0. The second-order valence-electron chi connectivity index (χ2n) is 3.35. The summed E-state index contributed by atoms with van der Waals surface area (Å²) in [4.78, 5) is 0. The van der Waals surface area contributed by atoms with Gasteiger partial charge in [-0.2, -0.15) is 18.3 Å². The number of benzene rings is 1. The molecule has 0 aliphatic carbocycles. The lowest BCUT2D eigenvalue weighted by molar-refractivity contribution is -0.127. The van der Waals surface area contributed by atoms with Crippen LogP contribution in [0.1, 0.15) is 5.56 Å². The molecule has 0 bridgehead atoms. The lowest BCUT2D eigenvalue weighted by Gasteiger charge is -2.07. The molecule has 6 heteroatoms. The Bertz CT molecular complexity index is 525. The molecular weight excluding hydrogens is 241 g/mol. The van der Waals surface area contributed by atoms with E-state index in [9.17, 15) is 13.2 Å². The molecule has 0 spiro atoms. The van der Waals surface area contributed by atoms with Crippen LogP contribution in [0.3, 0.4) is 0 Å². The molecule has 0 amide bonds. The van der Waals surface area contributed by atoms with Crippen LogP contribution in [0.15, 0.2) is 24.4 Å². The van der Waals surface area contributed by atoms with Crippen LogP contribution >= 0.6 is 11.6 Å². The molecule has 84 valence electrons. The van der Waals surface area contributed by atoms with Gasteiger partial charge in [-0.15, -0.1) is 5.10 Å². The van der Waals surface area contributed by atoms with Crippen LogP contribution in [0.5, 0.6) is 0 Å². The fraction of sp³-hybridized carbons (Fsp3) is 0.200. The van der Waals surface area contributed by atoms with Gasteiger partial charge >= 0.3 is 6.18 Å². The molecular formula is C10H6ClF3N2. The van der Waals surface area contributed by atoms with Crippen LogP contribution in [0.25, 0.3) is 10.8 Å². The molecule has 0 atom stereocenters. The number of halogens is 4. The van der Waals surface area contributed by atoms with Gasteiger partial charge < -0.3 is 0 Å². The number of hydrogen-bond donors (Lipinski definition) is 0. The first-order valence-corrected chi connectivity index (χ1v) is 4.80. The van der Waals surface area contributed by atoms with Crippen molar-refractivity contribution in [1.82, 2.24) is 10.2 Å². The van der Waals surface area contributed by atoms with E-state index in [1.54, 1.807) is 6.07 Å². The highest BCUT2D eigenvalue weighted by molar-refractivity contribution is 6.34. The van der Waals surface area contributed by atoms with Crippen LogP contribution in [0, 0.1) is 0 Å². The number of nitrogens with zero attached hydrogens (tertiary/aromatic N) is 2. The number of alkyl halides is 3. The monoisotopic (exact) mass is 246 g/mol. The summed E-state index contributed by atoms with van der Waals surface area (Å²) < 4.78 is 36.5. The zero-order valence-corrected chi connectivity index (χ0v) is 8.68. The van der Waals surface area contributed by atoms with E-state index >= 15 is 0 Å². The zero-order valence-electron chi connectivity index (χ0n) is 7.92. The summed E-state index contributed by atoms with van der Waals surface area (Å²) in [6.45, 7) is 0. The predicted molar refractivity (Wildman–Crippen MR) is 54.3 cm³/mol. The number of fused-ring (bicyclic) bond motifs is 1. The van der Waals surface area contributed by atoms with Gasteiger partial charge in [-0.05, 0) is 11.6 Å². The van der Waals surface area contributed by atoms with E-state index in [1.807, 2.05) is 0 Å². The standard InChI is InChI=1S/C10H6ClF3N2/c11-9-8-3-6(4-10(12,13)14)1-2-7(8)5-15-16-9/h1-3,5H,4H2. The highest BCUT2D eigenvalue weighted by atomic mass is 35.5. The SMILES string of the molecule is FC(F)(F)Cc1ccc2cnnc(Cl)c2c1. The Hall–Kier alpha value is -1.36. The molecule has 16 heavy (non-hydrogen) atoms. The van der Waals surface area contributed by atoms with Gasteiger partial charge in [0.15, 0.2) is 5.15 Å². The molecule has 2 aromatic rings. The minimum atomic E-state index is -4.22. The van der Waals surface area contributed by atoms with E-state index in [-0.39, 0.29) is 10.7 Å². The molecule has 1 aromatic carbocycles. The van der Waals surface area contributed by atoms with Crippen LogP contribution < -0.4 is 0 Å². The van der Waals surface area contributed by atoms with Crippen LogP contribution in [0.4, 0.5) is 13.2 Å². The summed E-state index contributed by atoms with van der Waals surface area (Å²) in [6, 6.07) is 4.35. The van der Waals surface area contributed by atoms with Gasteiger partial charge in [0.05, 0.1) is 12.6 Å². The van der Waals surface area contributed by atoms with E-state index in [4.69, 9.17) is 11.6 Å². The van der Waals surface area contributed by atoms with Crippen molar-refractivity contribution in [3.8, 4) is 0 Å². The highest BCUT2D eigenvalue weighted by Crippen LogP contribution is 2.26. The minimum Gasteiger partial charge on any atom is -0.171 e. The second-order valence-corrected chi connectivity index (χ2v) is 3.71. The van der Waals surface area contributed by atoms with Crippen molar-refractivity contribution in [2.24, 2.45) is 0 Å².